The minimum absolute atomic E-state index is 0.722. The maximum Gasteiger partial charge on any atom is 0.134 e. The van der Waals surface area contributed by atoms with Gasteiger partial charge in [-0.3, -0.25) is 0 Å². The molecule has 5 aromatic rings. The standard InChI is InChI=1S/C26H17ClO/c27-22-14-12-21(13-15-22)26-17-16-25(28-26)20-10-8-19(9-11-20)24-7-3-5-18-4-1-2-6-23(18)24/h1-17H. The van der Waals surface area contributed by atoms with Crippen molar-refractivity contribution in [2.24, 2.45) is 0 Å². The van der Waals surface area contributed by atoms with Gasteiger partial charge in [-0.15, -0.1) is 0 Å². The predicted octanol–water partition coefficient (Wildman–Crippen LogP) is 8.09. The molecule has 1 heterocycles. The molecule has 0 N–H and O–H groups in total. The van der Waals surface area contributed by atoms with Crippen LogP contribution in [-0.2, 0) is 0 Å². The number of rotatable bonds is 3. The lowest BCUT2D eigenvalue weighted by atomic mass is 9.97. The molecule has 28 heavy (non-hydrogen) atoms. The first-order valence-corrected chi connectivity index (χ1v) is 9.60. The van der Waals surface area contributed by atoms with Gasteiger partial charge in [0.15, 0.2) is 0 Å². The number of halogens is 1. The van der Waals surface area contributed by atoms with Crippen molar-refractivity contribution in [2.75, 3.05) is 0 Å². The van der Waals surface area contributed by atoms with Crippen LogP contribution in [0, 0.1) is 0 Å². The Morgan fingerprint density at radius 2 is 1.07 bits per heavy atom. The van der Waals surface area contributed by atoms with E-state index < -0.39 is 0 Å². The number of hydrogen-bond acceptors (Lipinski definition) is 1. The SMILES string of the molecule is Clc1ccc(-c2ccc(-c3ccc(-c4cccc5ccccc45)cc3)o2)cc1. The van der Waals surface area contributed by atoms with E-state index in [9.17, 15) is 0 Å². The summed E-state index contributed by atoms with van der Waals surface area (Å²) in [7, 11) is 0. The third kappa shape index (κ3) is 3.11. The largest absolute Gasteiger partial charge is 0.456 e. The van der Waals surface area contributed by atoms with Crippen LogP contribution >= 0.6 is 11.6 Å². The maximum atomic E-state index is 6.07. The van der Waals surface area contributed by atoms with E-state index in [1.165, 1.54) is 21.9 Å². The summed E-state index contributed by atoms with van der Waals surface area (Å²) in [6.45, 7) is 0. The maximum absolute atomic E-state index is 6.07. The summed E-state index contributed by atoms with van der Waals surface area (Å²) in [5, 5.41) is 3.24. The highest BCUT2D eigenvalue weighted by Gasteiger charge is 2.08. The second-order valence-corrected chi connectivity index (χ2v) is 7.21. The van der Waals surface area contributed by atoms with E-state index in [1.54, 1.807) is 0 Å². The zero-order valence-electron chi connectivity index (χ0n) is 15.1. The minimum atomic E-state index is 0.722. The number of fused-ring (bicyclic) bond motifs is 1. The van der Waals surface area contributed by atoms with Crippen molar-refractivity contribution in [2.45, 2.75) is 0 Å². The van der Waals surface area contributed by atoms with Crippen molar-refractivity contribution in [1.82, 2.24) is 0 Å². The smallest absolute Gasteiger partial charge is 0.134 e. The van der Waals surface area contributed by atoms with Crippen LogP contribution in [0.2, 0.25) is 5.02 Å². The van der Waals surface area contributed by atoms with Crippen molar-refractivity contribution >= 4 is 22.4 Å². The lowest BCUT2D eigenvalue weighted by Gasteiger charge is -2.07. The molecular weight excluding hydrogens is 364 g/mol. The Bertz CT molecular complexity index is 1240. The van der Waals surface area contributed by atoms with Crippen LogP contribution in [-0.4, -0.2) is 0 Å². The van der Waals surface area contributed by atoms with Gasteiger partial charge in [-0.2, -0.15) is 0 Å². The Morgan fingerprint density at radius 1 is 0.500 bits per heavy atom. The number of benzene rings is 4. The second kappa shape index (κ2) is 7.03. The van der Waals surface area contributed by atoms with Crippen molar-refractivity contribution in [3.8, 4) is 33.8 Å². The molecule has 0 amide bonds. The molecule has 0 atom stereocenters. The molecule has 2 heteroatoms. The third-order valence-corrected chi connectivity index (χ3v) is 5.26. The van der Waals surface area contributed by atoms with Crippen molar-refractivity contribution < 1.29 is 4.42 Å². The van der Waals surface area contributed by atoms with Gasteiger partial charge in [0.25, 0.3) is 0 Å². The molecule has 1 nitrogen and oxygen atoms in total. The molecular formula is C26H17ClO. The molecule has 5 rings (SSSR count). The molecule has 0 radical (unpaired) electrons. The Hall–Kier alpha value is -3.29. The van der Waals surface area contributed by atoms with Crippen LogP contribution in [0.5, 0.6) is 0 Å². The van der Waals surface area contributed by atoms with Gasteiger partial charge in [-0.05, 0) is 58.3 Å². The van der Waals surface area contributed by atoms with Crippen LogP contribution < -0.4 is 0 Å². The van der Waals surface area contributed by atoms with Crippen LogP contribution in [0.25, 0.3) is 44.5 Å². The highest BCUT2D eigenvalue weighted by Crippen LogP contribution is 2.32. The summed E-state index contributed by atoms with van der Waals surface area (Å²) in [6, 6.07) is 35.1. The van der Waals surface area contributed by atoms with Crippen molar-refractivity contribution in [3.63, 3.8) is 0 Å². The third-order valence-electron chi connectivity index (χ3n) is 5.00. The number of furan rings is 1. The normalized spacial score (nSPS) is 11.0. The Labute approximate surface area is 168 Å². The molecule has 0 aliphatic rings. The first-order chi connectivity index (χ1) is 13.8. The van der Waals surface area contributed by atoms with E-state index >= 15 is 0 Å². The van der Waals surface area contributed by atoms with Gasteiger partial charge in [-0.1, -0.05) is 78.3 Å². The molecule has 134 valence electrons. The molecule has 0 spiro atoms. The topological polar surface area (TPSA) is 13.1 Å². The molecule has 1 aromatic heterocycles. The zero-order chi connectivity index (χ0) is 18.9. The van der Waals surface area contributed by atoms with Gasteiger partial charge in [0.2, 0.25) is 0 Å². The average molecular weight is 381 g/mol. The van der Waals surface area contributed by atoms with E-state index in [0.29, 0.717) is 0 Å². The van der Waals surface area contributed by atoms with Crippen LogP contribution in [0.3, 0.4) is 0 Å². The molecule has 4 aromatic carbocycles. The van der Waals surface area contributed by atoms with E-state index in [4.69, 9.17) is 16.0 Å². The van der Waals surface area contributed by atoms with Gasteiger partial charge < -0.3 is 4.42 Å². The summed E-state index contributed by atoms with van der Waals surface area (Å²) >= 11 is 5.97. The zero-order valence-corrected chi connectivity index (χ0v) is 15.9. The first kappa shape index (κ1) is 16.9. The summed E-state index contributed by atoms with van der Waals surface area (Å²) in [6.07, 6.45) is 0. The molecule has 0 aliphatic carbocycles. The summed E-state index contributed by atoms with van der Waals surface area (Å²) in [5.41, 5.74) is 4.52. The monoisotopic (exact) mass is 380 g/mol. The van der Waals surface area contributed by atoms with Gasteiger partial charge in [-0.25, -0.2) is 0 Å². The van der Waals surface area contributed by atoms with Gasteiger partial charge >= 0.3 is 0 Å². The molecule has 0 saturated carbocycles. The minimum Gasteiger partial charge on any atom is -0.456 e. The first-order valence-electron chi connectivity index (χ1n) is 9.22. The van der Waals surface area contributed by atoms with E-state index in [1.807, 2.05) is 36.4 Å². The quantitative estimate of drug-likeness (QED) is 0.308. The highest BCUT2D eigenvalue weighted by molar-refractivity contribution is 6.30. The van der Waals surface area contributed by atoms with Crippen molar-refractivity contribution in [1.29, 1.82) is 0 Å². The Morgan fingerprint density at radius 3 is 1.79 bits per heavy atom. The second-order valence-electron chi connectivity index (χ2n) is 6.77. The Kier molecular flexibility index (Phi) is 4.23. The van der Waals surface area contributed by atoms with E-state index in [0.717, 1.165) is 27.7 Å². The van der Waals surface area contributed by atoms with Crippen molar-refractivity contribution in [3.05, 3.63) is 108 Å². The number of hydrogen-bond donors (Lipinski definition) is 0. The fraction of sp³-hybridized carbons (Fsp3) is 0. The highest BCUT2D eigenvalue weighted by atomic mass is 35.5. The summed E-state index contributed by atoms with van der Waals surface area (Å²) < 4.78 is 6.07. The van der Waals surface area contributed by atoms with Gasteiger partial charge in [0, 0.05) is 16.1 Å². The van der Waals surface area contributed by atoms with Gasteiger partial charge in [0.1, 0.15) is 11.5 Å². The van der Waals surface area contributed by atoms with Gasteiger partial charge in [0.05, 0.1) is 0 Å². The van der Waals surface area contributed by atoms with Crippen LogP contribution in [0.15, 0.2) is 108 Å². The fourth-order valence-electron chi connectivity index (χ4n) is 3.55. The lowest BCUT2D eigenvalue weighted by Crippen LogP contribution is -1.82. The lowest BCUT2D eigenvalue weighted by molar-refractivity contribution is 0.597. The predicted molar refractivity (Wildman–Crippen MR) is 118 cm³/mol. The molecule has 0 unspecified atom stereocenters. The Balaban J connectivity index is 1.48. The molecule has 0 aliphatic heterocycles. The summed E-state index contributed by atoms with van der Waals surface area (Å²) in [4.78, 5) is 0. The molecule has 0 bridgehead atoms. The van der Waals surface area contributed by atoms with E-state index in [-0.39, 0.29) is 0 Å². The molecule has 0 saturated heterocycles. The fourth-order valence-corrected chi connectivity index (χ4v) is 3.68. The average Bonchev–Trinajstić information content (AvgIpc) is 3.24. The summed E-state index contributed by atoms with van der Waals surface area (Å²) in [5.74, 6) is 1.69. The van der Waals surface area contributed by atoms with E-state index in [2.05, 4.69) is 66.7 Å². The van der Waals surface area contributed by atoms with Crippen LogP contribution in [0.4, 0.5) is 0 Å². The van der Waals surface area contributed by atoms with Crippen LogP contribution in [0.1, 0.15) is 0 Å². The molecule has 0 fully saturated rings.